The molecule has 0 saturated heterocycles. The molecule has 1 aromatic rings. The summed E-state index contributed by atoms with van der Waals surface area (Å²) in [7, 11) is 0. The highest BCUT2D eigenvalue weighted by Gasteiger charge is 2.38. The first kappa shape index (κ1) is 16.9. The number of hydrogen-bond acceptors (Lipinski definition) is 3. The summed E-state index contributed by atoms with van der Waals surface area (Å²) in [5.41, 5.74) is 0.571. The van der Waals surface area contributed by atoms with E-state index in [1.807, 2.05) is 0 Å². The predicted molar refractivity (Wildman–Crippen MR) is 59.6 cm³/mol. The molecule has 0 aliphatic carbocycles. The molecule has 0 aromatic carbocycles. The summed E-state index contributed by atoms with van der Waals surface area (Å²) >= 11 is 5.57. The summed E-state index contributed by atoms with van der Waals surface area (Å²) in [4.78, 5) is 22.9. The smallest absolute Gasteiger partial charge is 0.478 e. The standard InChI is InChI=1S/C8H6ClNO2.C2HF3O2/c9-6-1-2-7(10-5-6)3-4-8(11)12;3-2(4,5)1(6)7/h1-5H,(H,11,12);(H,6,7)/b4-3+;. The Morgan fingerprint density at radius 1 is 1.26 bits per heavy atom. The van der Waals surface area contributed by atoms with Crippen molar-refractivity contribution in [3.8, 4) is 0 Å². The summed E-state index contributed by atoms with van der Waals surface area (Å²) in [6.07, 6.45) is -1.20. The fourth-order valence-electron chi connectivity index (χ4n) is 0.643. The van der Waals surface area contributed by atoms with Gasteiger partial charge in [0.1, 0.15) is 0 Å². The van der Waals surface area contributed by atoms with E-state index in [0.717, 1.165) is 6.08 Å². The van der Waals surface area contributed by atoms with Crippen molar-refractivity contribution in [2.75, 3.05) is 0 Å². The third kappa shape index (κ3) is 8.61. The Bertz CT molecular complexity index is 471. The van der Waals surface area contributed by atoms with Crippen LogP contribution in [-0.4, -0.2) is 33.3 Å². The van der Waals surface area contributed by atoms with Crippen LogP contribution in [0.1, 0.15) is 5.69 Å². The number of hydrogen-bond donors (Lipinski definition) is 2. The fourth-order valence-corrected chi connectivity index (χ4v) is 0.754. The Kier molecular flexibility index (Phi) is 6.56. The molecule has 0 aliphatic heterocycles. The van der Waals surface area contributed by atoms with Crippen LogP contribution >= 0.6 is 11.6 Å². The number of carbonyl (C=O) groups is 2. The van der Waals surface area contributed by atoms with Crippen molar-refractivity contribution in [1.29, 1.82) is 0 Å². The van der Waals surface area contributed by atoms with Gasteiger partial charge in [-0.25, -0.2) is 9.59 Å². The van der Waals surface area contributed by atoms with Crippen LogP contribution < -0.4 is 0 Å². The Labute approximate surface area is 110 Å². The summed E-state index contributed by atoms with van der Waals surface area (Å²) in [6, 6.07) is 3.29. The summed E-state index contributed by atoms with van der Waals surface area (Å²) < 4.78 is 31.7. The van der Waals surface area contributed by atoms with Gasteiger partial charge in [0.2, 0.25) is 0 Å². The van der Waals surface area contributed by atoms with Crippen LogP contribution in [0, 0.1) is 0 Å². The van der Waals surface area contributed by atoms with Crippen LogP contribution in [0.4, 0.5) is 13.2 Å². The van der Waals surface area contributed by atoms with E-state index >= 15 is 0 Å². The van der Waals surface area contributed by atoms with Crippen LogP contribution in [0.5, 0.6) is 0 Å². The minimum absolute atomic E-state index is 0.530. The van der Waals surface area contributed by atoms with Crippen molar-refractivity contribution in [1.82, 2.24) is 4.98 Å². The van der Waals surface area contributed by atoms with E-state index in [1.54, 1.807) is 12.1 Å². The first-order valence-corrected chi connectivity index (χ1v) is 4.83. The molecule has 1 heterocycles. The minimum atomic E-state index is -5.08. The van der Waals surface area contributed by atoms with Gasteiger partial charge in [-0.3, -0.25) is 4.98 Å². The molecule has 0 bridgehead atoms. The highest BCUT2D eigenvalue weighted by atomic mass is 35.5. The molecule has 0 amide bonds. The van der Waals surface area contributed by atoms with E-state index < -0.39 is 18.1 Å². The molecule has 0 saturated carbocycles. The lowest BCUT2D eigenvalue weighted by atomic mass is 10.3. The molecular weight excluding hydrogens is 291 g/mol. The monoisotopic (exact) mass is 297 g/mol. The molecule has 0 fully saturated rings. The number of carboxylic acid groups (broad SMARTS) is 2. The van der Waals surface area contributed by atoms with Gasteiger partial charge in [-0.15, -0.1) is 0 Å². The van der Waals surface area contributed by atoms with Crippen LogP contribution in [0.2, 0.25) is 5.02 Å². The zero-order valence-corrected chi connectivity index (χ0v) is 9.81. The Hall–Kier alpha value is -2.09. The van der Waals surface area contributed by atoms with Gasteiger partial charge in [-0.2, -0.15) is 13.2 Å². The highest BCUT2D eigenvalue weighted by molar-refractivity contribution is 6.30. The lowest BCUT2D eigenvalue weighted by molar-refractivity contribution is -0.192. The Morgan fingerprint density at radius 3 is 2.11 bits per heavy atom. The van der Waals surface area contributed by atoms with Gasteiger partial charge in [0.15, 0.2) is 0 Å². The molecule has 104 valence electrons. The van der Waals surface area contributed by atoms with Crippen molar-refractivity contribution >= 4 is 29.6 Å². The molecule has 1 rings (SSSR count). The topological polar surface area (TPSA) is 87.5 Å². The summed E-state index contributed by atoms with van der Waals surface area (Å²) in [5, 5.41) is 15.9. The van der Waals surface area contributed by atoms with E-state index in [9.17, 15) is 18.0 Å². The third-order valence-electron chi connectivity index (χ3n) is 1.39. The molecule has 0 atom stereocenters. The maximum Gasteiger partial charge on any atom is 0.490 e. The maximum atomic E-state index is 10.6. The number of nitrogens with zero attached hydrogens (tertiary/aromatic N) is 1. The third-order valence-corrected chi connectivity index (χ3v) is 1.61. The molecule has 2 N–H and O–H groups in total. The van der Waals surface area contributed by atoms with Crippen LogP contribution in [0.15, 0.2) is 24.4 Å². The SMILES string of the molecule is O=C(O)/C=C/c1ccc(Cl)cn1.O=C(O)C(F)(F)F. The normalized spacial score (nSPS) is 10.7. The second-order valence-electron chi connectivity index (χ2n) is 2.88. The number of alkyl halides is 3. The average Bonchev–Trinajstić information content (AvgIpc) is 2.27. The van der Waals surface area contributed by atoms with Crippen molar-refractivity contribution < 1.29 is 33.0 Å². The lowest BCUT2D eigenvalue weighted by Crippen LogP contribution is -2.21. The van der Waals surface area contributed by atoms with Crippen molar-refractivity contribution in [2.45, 2.75) is 6.18 Å². The number of pyridine rings is 1. The van der Waals surface area contributed by atoms with Crippen LogP contribution in [0.3, 0.4) is 0 Å². The van der Waals surface area contributed by atoms with Gasteiger partial charge in [-0.05, 0) is 18.2 Å². The van der Waals surface area contributed by atoms with E-state index in [2.05, 4.69) is 4.98 Å². The highest BCUT2D eigenvalue weighted by Crippen LogP contribution is 2.13. The number of halogens is 4. The summed E-state index contributed by atoms with van der Waals surface area (Å²) in [6.45, 7) is 0. The van der Waals surface area contributed by atoms with Crippen molar-refractivity contribution in [3.05, 3.63) is 35.1 Å². The Morgan fingerprint density at radius 2 is 1.79 bits per heavy atom. The van der Waals surface area contributed by atoms with Crippen LogP contribution in [0.25, 0.3) is 6.08 Å². The lowest BCUT2D eigenvalue weighted by Gasteiger charge is -1.93. The molecular formula is C10H7ClF3NO4. The number of aromatic nitrogens is 1. The van der Waals surface area contributed by atoms with Crippen molar-refractivity contribution in [3.63, 3.8) is 0 Å². The predicted octanol–water partition coefficient (Wildman–Crippen LogP) is 2.47. The molecule has 0 unspecified atom stereocenters. The second-order valence-corrected chi connectivity index (χ2v) is 3.31. The largest absolute Gasteiger partial charge is 0.490 e. The van der Waals surface area contributed by atoms with Gasteiger partial charge in [0, 0.05) is 12.3 Å². The quantitative estimate of drug-likeness (QED) is 0.819. The first-order chi connectivity index (χ1) is 8.62. The Balaban J connectivity index is 0.000000399. The van der Waals surface area contributed by atoms with Gasteiger partial charge in [-0.1, -0.05) is 11.6 Å². The second kappa shape index (κ2) is 7.37. The minimum Gasteiger partial charge on any atom is -0.478 e. The fraction of sp³-hybridized carbons (Fsp3) is 0.100. The average molecular weight is 298 g/mol. The first-order valence-electron chi connectivity index (χ1n) is 4.45. The molecule has 0 spiro atoms. The molecule has 19 heavy (non-hydrogen) atoms. The van der Waals surface area contributed by atoms with E-state index in [-0.39, 0.29) is 0 Å². The number of rotatable bonds is 2. The van der Waals surface area contributed by atoms with E-state index in [1.165, 1.54) is 12.3 Å². The zero-order chi connectivity index (χ0) is 15.1. The van der Waals surface area contributed by atoms with Gasteiger partial charge in [0.25, 0.3) is 0 Å². The number of carboxylic acids is 2. The maximum absolute atomic E-state index is 10.6. The van der Waals surface area contributed by atoms with E-state index in [0.29, 0.717) is 10.7 Å². The van der Waals surface area contributed by atoms with Gasteiger partial charge >= 0.3 is 18.1 Å². The zero-order valence-electron chi connectivity index (χ0n) is 9.06. The molecule has 1 aromatic heterocycles. The van der Waals surface area contributed by atoms with Crippen molar-refractivity contribution in [2.24, 2.45) is 0 Å². The summed E-state index contributed by atoms with van der Waals surface area (Å²) in [5.74, 6) is -3.75. The number of aliphatic carboxylic acids is 2. The molecule has 9 heteroatoms. The van der Waals surface area contributed by atoms with E-state index in [4.69, 9.17) is 26.6 Å². The molecule has 0 radical (unpaired) electrons. The molecule has 0 aliphatic rings. The van der Waals surface area contributed by atoms with Gasteiger partial charge in [0.05, 0.1) is 10.7 Å². The van der Waals surface area contributed by atoms with Gasteiger partial charge < -0.3 is 10.2 Å². The molecule has 5 nitrogen and oxygen atoms in total. The van der Waals surface area contributed by atoms with Crippen LogP contribution in [-0.2, 0) is 9.59 Å².